The zero-order chi connectivity index (χ0) is 12.6. The van der Waals surface area contributed by atoms with Crippen LogP contribution < -0.4 is 0 Å². The summed E-state index contributed by atoms with van der Waals surface area (Å²) >= 11 is 0. The molecule has 0 amide bonds. The molecule has 0 aromatic heterocycles. The molecule has 1 unspecified atom stereocenters. The smallest absolute Gasteiger partial charge is 0.324 e. The molecule has 0 heterocycles. The average molecular weight is 250 g/mol. The highest BCUT2D eigenvalue weighted by Crippen LogP contribution is 2.46. The molecular formula is C12H27O3P. The van der Waals surface area contributed by atoms with Gasteiger partial charge in [0.2, 0.25) is 0 Å². The summed E-state index contributed by atoms with van der Waals surface area (Å²) in [5, 5.41) is 0. The minimum atomic E-state index is -3.34. The lowest BCUT2D eigenvalue weighted by molar-refractivity contribution is 0.247. The van der Waals surface area contributed by atoms with E-state index >= 15 is 0 Å². The van der Waals surface area contributed by atoms with Crippen molar-refractivity contribution in [2.45, 2.75) is 65.5 Å². The molecule has 1 N–H and O–H groups in total. The van der Waals surface area contributed by atoms with Crippen LogP contribution in [-0.2, 0) is 9.09 Å². The van der Waals surface area contributed by atoms with Crippen LogP contribution in [0, 0.1) is 5.92 Å². The zero-order valence-corrected chi connectivity index (χ0v) is 12.0. The van der Waals surface area contributed by atoms with E-state index < -0.39 is 7.60 Å². The van der Waals surface area contributed by atoms with E-state index in [0.29, 0.717) is 6.61 Å². The van der Waals surface area contributed by atoms with Gasteiger partial charge in [-0.05, 0) is 12.3 Å². The lowest BCUT2D eigenvalue weighted by atomic mass is 10.0. The largest absolute Gasteiger partial charge is 0.330 e. The summed E-state index contributed by atoms with van der Waals surface area (Å²) in [6, 6.07) is 0. The first-order valence-electron chi connectivity index (χ1n) is 6.33. The highest BCUT2D eigenvalue weighted by molar-refractivity contribution is 7.53. The predicted molar refractivity (Wildman–Crippen MR) is 68.8 cm³/mol. The van der Waals surface area contributed by atoms with Crippen molar-refractivity contribution in [3.8, 4) is 0 Å². The first-order chi connectivity index (χ1) is 7.36. The second kappa shape index (κ2) is 8.27. The molecule has 98 valence electrons. The molecule has 0 aromatic carbocycles. The maximum atomic E-state index is 11.4. The van der Waals surface area contributed by atoms with Gasteiger partial charge in [0, 0.05) is 0 Å². The fourth-order valence-corrected chi connectivity index (χ4v) is 2.04. The van der Waals surface area contributed by atoms with Crippen molar-refractivity contribution in [1.29, 1.82) is 0 Å². The molecule has 0 aliphatic heterocycles. The Morgan fingerprint density at radius 2 is 1.62 bits per heavy atom. The number of hydrogen-bond acceptors (Lipinski definition) is 2. The van der Waals surface area contributed by atoms with Gasteiger partial charge >= 0.3 is 7.60 Å². The molecule has 4 heteroatoms. The van der Waals surface area contributed by atoms with Gasteiger partial charge in [0.15, 0.2) is 0 Å². The van der Waals surface area contributed by atoms with Gasteiger partial charge in [-0.3, -0.25) is 4.57 Å². The van der Waals surface area contributed by atoms with E-state index in [2.05, 4.69) is 13.8 Å². The van der Waals surface area contributed by atoms with E-state index in [1.54, 1.807) is 13.8 Å². The summed E-state index contributed by atoms with van der Waals surface area (Å²) in [5.74, 6) is 0.773. The topological polar surface area (TPSA) is 46.5 Å². The molecule has 16 heavy (non-hydrogen) atoms. The number of rotatable bonds is 9. The van der Waals surface area contributed by atoms with Gasteiger partial charge < -0.3 is 9.42 Å². The molecular weight excluding hydrogens is 223 g/mol. The van der Waals surface area contributed by atoms with Crippen molar-refractivity contribution in [1.82, 2.24) is 0 Å². The summed E-state index contributed by atoms with van der Waals surface area (Å²) in [6.45, 7) is 8.29. The highest BCUT2D eigenvalue weighted by Gasteiger charge is 2.23. The molecule has 0 saturated heterocycles. The molecule has 0 saturated carbocycles. The Bertz CT molecular complexity index is 214. The summed E-state index contributed by atoms with van der Waals surface area (Å²) in [6.07, 6.45) is 5.68. The quantitative estimate of drug-likeness (QED) is 0.492. The third-order valence-corrected chi connectivity index (χ3v) is 4.46. The lowest BCUT2D eigenvalue weighted by Crippen LogP contribution is -2.02. The standard InChI is InChI=1S/C12H27O3P/c1-11(2)9-7-5-6-8-10-15-16(13,14)12(3)4/h11-12H,5-10H2,1-4H3,(H,13,14). The van der Waals surface area contributed by atoms with Crippen molar-refractivity contribution in [3.05, 3.63) is 0 Å². The van der Waals surface area contributed by atoms with Crippen LogP contribution >= 0.6 is 7.60 Å². The fraction of sp³-hybridized carbons (Fsp3) is 1.00. The van der Waals surface area contributed by atoms with E-state index in [1.165, 1.54) is 19.3 Å². The van der Waals surface area contributed by atoms with Gasteiger partial charge in [-0.25, -0.2) is 0 Å². The Morgan fingerprint density at radius 1 is 1.06 bits per heavy atom. The van der Waals surface area contributed by atoms with Crippen molar-refractivity contribution in [2.75, 3.05) is 6.61 Å². The van der Waals surface area contributed by atoms with Crippen LogP contribution in [0.1, 0.15) is 59.8 Å². The van der Waals surface area contributed by atoms with Gasteiger partial charge in [0.1, 0.15) is 0 Å². The van der Waals surface area contributed by atoms with E-state index in [0.717, 1.165) is 18.8 Å². The van der Waals surface area contributed by atoms with Crippen LogP contribution in [0.25, 0.3) is 0 Å². The summed E-state index contributed by atoms with van der Waals surface area (Å²) in [4.78, 5) is 9.40. The second-order valence-electron chi connectivity index (χ2n) is 5.09. The van der Waals surface area contributed by atoms with Crippen LogP contribution in [0.15, 0.2) is 0 Å². The minimum Gasteiger partial charge on any atom is -0.324 e. The monoisotopic (exact) mass is 250 g/mol. The maximum absolute atomic E-state index is 11.4. The zero-order valence-electron chi connectivity index (χ0n) is 11.1. The van der Waals surface area contributed by atoms with Gasteiger partial charge in [-0.15, -0.1) is 0 Å². The first-order valence-corrected chi connectivity index (χ1v) is 7.98. The van der Waals surface area contributed by atoms with Gasteiger partial charge in [0.25, 0.3) is 0 Å². The van der Waals surface area contributed by atoms with Gasteiger partial charge in [0.05, 0.1) is 12.3 Å². The molecule has 0 spiro atoms. The molecule has 0 radical (unpaired) electrons. The van der Waals surface area contributed by atoms with Crippen molar-refractivity contribution in [3.63, 3.8) is 0 Å². The maximum Gasteiger partial charge on any atom is 0.330 e. The van der Waals surface area contributed by atoms with E-state index in [1.807, 2.05) is 0 Å². The summed E-state index contributed by atoms with van der Waals surface area (Å²) in [7, 11) is -3.34. The molecule has 0 aliphatic carbocycles. The molecule has 0 fully saturated rings. The van der Waals surface area contributed by atoms with Crippen LogP contribution in [0.4, 0.5) is 0 Å². The average Bonchev–Trinajstić information content (AvgIpc) is 2.15. The Balaban J connectivity index is 3.37. The molecule has 1 atom stereocenters. The van der Waals surface area contributed by atoms with Crippen molar-refractivity contribution >= 4 is 7.60 Å². The Kier molecular flexibility index (Phi) is 8.35. The van der Waals surface area contributed by atoms with Crippen LogP contribution in [-0.4, -0.2) is 17.2 Å². The Labute approximate surface area is 100 Å². The molecule has 3 nitrogen and oxygen atoms in total. The number of hydrogen-bond donors (Lipinski definition) is 1. The highest BCUT2D eigenvalue weighted by atomic mass is 31.2. The molecule has 0 aromatic rings. The van der Waals surface area contributed by atoms with Crippen molar-refractivity contribution < 1.29 is 14.0 Å². The first kappa shape index (κ1) is 16.1. The lowest BCUT2D eigenvalue weighted by Gasteiger charge is -2.15. The van der Waals surface area contributed by atoms with Gasteiger partial charge in [-0.2, -0.15) is 0 Å². The Morgan fingerprint density at radius 3 is 2.12 bits per heavy atom. The van der Waals surface area contributed by atoms with Crippen LogP contribution in [0.3, 0.4) is 0 Å². The minimum absolute atomic E-state index is 0.298. The SMILES string of the molecule is CC(C)CCCCCCOP(=O)(O)C(C)C. The molecule has 0 aliphatic rings. The third kappa shape index (κ3) is 8.32. The van der Waals surface area contributed by atoms with E-state index in [4.69, 9.17) is 4.52 Å². The van der Waals surface area contributed by atoms with E-state index in [-0.39, 0.29) is 5.66 Å². The number of unbranched alkanes of at least 4 members (excludes halogenated alkanes) is 3. The molecule has 0 rings (SSSR count). The van der Waals surface area contributed by atoms with Crippen molar-refractivity contribution in [2.24, 2.45) is 5.92 Å². The van der Waals surface area contributed by atoms with Crippen LogP contribution in [0.2, 0.25) is 0 Å². The van der Waals surface area contributed by atoms with Gasteiger partial charge in [-0.1, -0.05) is 53.4 Å². The predicted octanol–water partition coefficient (Wildman–Crippen LogP) is 4.20. The fourth-order valence-electron chi connectivity index (χ4n) is 1.35. The third-order valence-electron chi connectivity index (χ3n) is 2.60. The van der Waals surface area contributed by atoms with Crippen LogP contribution in [0.5, 0.6) is 0 Å². The van der Waals surface area contributed by atoms with E-state index in [9.17, 15) is 9.46 Å². The second-order valence-corrected chi connectivity index (χ2v) is 7.51. The normalized spacial score (nSPS) is 15.7. The summed E-state index contributed by atoms with van der Waals surface area (Å²) in [5.41, 5.74) is -0.298. The Hall–Kier alpha value is 0.150. The molecule has 0 bridgehead atoms. The summed E-state index contributed by atoms with van der Waals surface area (Å²) < 4.78 is 16.5.